The van der Waals surface area contributed by atoms with Crippen molar-refractivity contribution >= 4 is 11.8 Å². The van der Waals surface area contributed by atoms with Crippen LogP contribution >= 0.6 is 0 Å². The zero-order valence-electron chi connectivity index (χ0n) is 16.4. The molecule has 0 bridgehead atoms. The van der Waals surface area contributed by atoms with E-state index >= 15 is 0 Å². The maximum absolute atomic E-state index is 12.7. The molecule has 0 saturated carbocycles. The van der Waals surface area contributed by atoms with Crippen LogP contribution in [0.3, 0.4) is 0 Å². The fourth-order valence-electron chi connectivity index (χ4n) is 2.84. The highest BCUT2D eigenvalue weighted by Gasteiger charge is 2.26. The second kappa shape index (κ2) is 7.96. The van der Waals surface area contributed by atoms with E-state index in [1.54, 1.807) is 0 Å². The summed E-state index contributed by atoms with van der Waals surface area (Å²) < 4.78 is 5.39. The summed E-state index contributed by atoms with van der Waals surface area (Å²) in [5.74, 6) is -0.456. The highest BCUT2D eigenvalue weighted by atomic mass is 16.5. The van der Waals surface area contributed by atoms with Gasteiger partial charge in [-0.25, -0.2) is 0 Å². The number of rotatable bonds is 6. The van der Waals surface area contributed by atoms with Gasteiger partial charge in [0.1, 0.15) is 0 Å². The number of carbonyl (C=O) groups is 2. The first-order valence-electron chi connectivity index (χ1n) is 8.70. The average molecular weight is 332 g/mol. The molecule has 0 aliphatic heterocycles. The molecule has 1 rings (SSSR count). The van der Waals surface area contributed by atoms with Crippen LogP contribution in [0.5, 0.6) is 0 Å². The van der Waals surface area contributed by atoms with E-state index in [0.29, 0.717) is 13.0 Å². The number of hydrogen-bond acceptors (Lipinski definition) is 3. The second-order valence-electron chi connectivity index (χ2n) is 8.34. The maximum atomic E-state index is 12.7. The molecule has 1 aromatic rings. The van der Waals surface area contributed by atoms with Crippen molar-refractivity contribution in [1.82, 2.24) is 0 Å². The molecule has 24 heavy (non-hydrogen) atoms. The number of ketones is 1. The van der Waals surface area contributed by atoms with Crippen molar-refractivity contribution in [3.63, 3.8) is 0 Å². The number of ether oxygens (including phenoxy) is 1. The Balaban J connectivity index is 2.75. The van der Waals surface area contributed by atoms with Crippen molar-refractivity contribution in [2.24, 2.45) is 17.3 Å². The number of hydrogen-bond donors (Lipinski definition) is 0. The highest BCUT2D eigenvalue weighted by molar-refractivity contribution is 5.99. The predicted molar refractivity (Wildman–Crippen MR) is 98.3 cm³/mol. The quantitative estimate of drug-likeness (QED) is 0.541. The molecule has 0 saturated heterocycles. The van der Waals surface area contributed by atoms with E-state index in [9.17, 15) is 9.59 Å². The van der Waals surface area contributed by atoms with Crippen LogP contribution in [-0.4, -0.2) is 18.4 Å². The number of esters is 1. The Kier molecular flexibility index (Phi) is 6.76. The van der Waals surface area contributed by atoms with Gasteiger partial charge in [0.2, 0.25) is 0 Å². The normalized spacial score (nSPS) is 14.2. The van der Waals surface area contributed by atoms with E-state index in [4.69, 9.17) is 4.74 Å². The minimum atomic E-state index is -0.289. The Morgan fingerprint density at radius 1 is 1.04 bits per heavy atom. The molecule has 0 aromatic heterocycles. The fourth-order valence-corrected chi connectivity index (χ4v) is 2.84. The van der Waals surface area contributed by atoms with Gasteiger partial charge in [-0.15, -0.1) is 0 Å². The van der Waals surface area contributed by atoms with E-state index in [1.165, 1.54) is 0 Å². The molecule has 0 spiro atoms. The topological polar surface area (TPSA) is 43.4 Å². The lowest BCUT2D eigenvalue weighted by molar-refractivity contribution is -0.152. The molecule has 134 valence electrons. The van der Waals surface area contributed by atoms with Crippen molar-refractivity contribution in [2.45, 2.75) is 61.8 Å². The lowest BCUT2D eigenvalue weighted by Gasteiger charge is -2.22. The summed E-state index contributed by atoms with van der Waals surface area (Å²) in [7, 11) is 0. The Morgan fingerprint density at radius 2 is 1.54 bits per heavy atom. The summed E-state index contributed by atoms with van der Waals surface area (Å²) in [5, 5.41) is 0. The SMILES string of the molecule is Cc1cc(C)c(C(=O)C[C@@H](C)[C@H](C)C(=O)OCC(C)(C)C)c(C)c1. The zero-order valence-corrected chi connectivity index (χ0v) is 16.4. The summed E-state index contributed by atoms with van der Waals surface area (Å²) in [6, 6.07) is 4.07. The molecule has 0 amide bonds. The highest BCUT2D eigenvalue weighted by Crippen LogP contribution is 2.24. The number of benzene rings is 1. The first-order valence-corrected chi connectivity index (χ1v) is 8.70. The molecule has 0 aliphatic carbocycles. The van der Waals surface area contributed by atoms with Crippen LogP contribution < -0.4 is 0 Å². The molecule has 0 heterocycles. The third-order valence-electron chi connectivity index (χ3n) is 4.34. The third-order valence-corrected chi connectivity index (χ3v) is 4.34. The number of aryl methyl sites for hydroxylation is 3. The van der Waals surface area contributed by atoms with E-state index in [2.05, 4.69) is 0 Å². The van der Waals surface area contributed by atoms with Gasteiger partial charge in [-0.3, -0.25) is 9.59 Å². The Morgan fingerprint density at radius 3 is 2.00 bits per heavy atom. The van der Waals surface area contributed by atoms with Crippen LogP contribution in [0.1, 0.15) is 68.1 Å². The maximum Gasteiger partial charge on any atom is 0.308 e. The van der Waals surface area contributed by atoms with Crippen LogP contribution in [0.15, 0.2) is 12.1 Å². The summed E-state index contributed by atoms with van der Waals surface area (Å²) in [5.41, 5.74) is 3.92. The van der Waals surface area contributed by atoms with Crippen molar-refractivity contribution in [3.05, 3.63) is 34.4 Å². The summed E-state index contributed by atoms with van der Waals surface area (Å²) in [4.78, 5) is 24.9. The van der Waals surface area contributed by atoms with Crippen LogP contribution in [0.25, 0.3) is 0 Å². The molecule has 2 atom stereocenters. The first-order chi connectivity index (χ1) is 10.9. The van der Waals surface area contributed by atoms with Gasteiger partial charge in [0, 0.05) is 12.0 Å². The van der Waals surface area contributed by atoms with Gasteiger partial charge in [0.15, 0.2) is 5.78 Å². The molecule has 3 heteroatoms. The van der Waals surface area contributed by atoms with Gasteiger partial charge in [-0.05, 0) is 43.2 Å². The molecule has 0 fully saturated rings. The average Bonchev–Trinajstić information content (AvgIpc) is 2.41. The van der Waals surface area contributed by atoms with Gasteiger partial charge in [0.25, 0.3) is 0 Å². The van der Waals surface area contributed by atoms with Crippen molar-refractivity contribution in [1.29, 1.82) is 0 Å². The minimum Gasteiger partial charge on any atom is -0.465 e. The zero-order chi connectivity index (χ0) is 18.7. The molecule has 0 radical (unpaired) electrons. The molecular formula is C21H32O3. The third kappa shape index (κ3) is 5.77. The fraction of sp³-hybridized carbons (Fsp3) is 0.619. The molecule has 1 aromatic carbocycles. The molecule has 0 aliphatic rings. The van der Waals surface area contributed by atoms with Gasteiger partial charge < -0.3 is 4.74 Å². The molecule has 0 unspecified atom stereocenters. The Bertz CT molecular complexity index is 585. The van der Waals surface area contributed by atoms with Gasteiger partial charge in [-0.1, -0.05) is 52.3 Å². The molecule has 0 N–H and O–H groups in total. The first kappa shape index (κ1) is 20.4. The second-order valence-corrected chi connectivity index (χ2v) is 8.34. The van der Waals surface area contributed by atoms with Crippen molar-refractivity contribution < 1.29 is 14.3 Å². The number of Topliss-reactive ketones (excluding diaryl/α,β-unsaturated/α-hetero) is 1. The largest absolute Gasteiger partial charge is 0.465 e. The van der Waals surface area contributed by atoms with Gasteiger partial charge >= 0.3 is 5.97 Å². The number of carbonyl (C=O) groups excluding carboxylic acids is 2. The lowest BCUT2D eigenvalue weighted by atomic mass is 9.86. The monoisotopic (exact) mass is 332 g/mol. The molecule has 3 nitrogen and oxygen atoms in total. The van der Waals surface area contributed by atoms with Crippen LogP contribution in [0, 0.1) is 38.0 Å². The van der Waals surface area contributed by atoms with Gasteiger partial charge in [-0.2, -0.15) is 0 Å². The summed E-state index contributed by atoms with van der Waals surface area (Å²) in [6.45, 7) is 16.2. The van der Waals surface area contributed by atoms with E-state index in [0.717, 1.165) is 22.3 Å². The standard InChI is InChI=1S/C21H32O3/c1-13-9-15(3)19(16(4)10-13)18(22)11-14(2)17(5)20(23)24-12-21(6,7)8/h9-10,14,17H,11-12H2,1-8H3/t14-,17+/m1/s1. The van der Waals surface area contributed by atoms with Crippen LogP contribution in [-0.2, 0) is 9.53 Å². The summed E-state index contributed by atoms with van der Waals surface area (Å²) >= 11 is 0. The summed E-state index contributed by atoms with van der Waals surface area (Å²) in [6.07, 6.45) is 0.358. The van der Waals surface area contributed by atoms with E-state index < -0.39 is 0 Å². The minimum absolute atomic E-state index is 0.0509. The van der Waals surface area contributed by atoms with Crippen LogP contribution in [0.4, 0.5) is 0 Å². The van der Waals surface area contributed by atoms with Crippen molar-refractivity contribution in [3.8, 4) is 0 Å². The van der Waals surface area contributed by atoms with Crippen LogP contribution in [0.2, 0.25) is 0 Å². The van der Waals surface area contributed by atoms with E-state index in [1.807, 2.05) is 67.5 Å². The van der Waals surface area contributed by atoms with Crippen molar-refractivity contribution in [2.75, 3.05) is 6.61 Å². The lowest BCUT2D eigenvalue weighted by Crippen LogP contribution is -2.27. The van der Waals surface area contributed by atoms with E-state index in [-0.39, 0.29) is 29.0 Å². The molecular weight excluding hydrogens is 300 g/mol. The van der Waals surface area contributed by atoms with Gasteiger partial charge in [0.05, 0.1) is 12.5 Å². The smallest absolute Gasteiger partial charge is 0.308 e. The Labute approximate surface area is 146 Å². The predicted octanol–water partition coefficient (Wildman–Crippen LogP) is 5.05. The Hall–Kier alpha value is -1.64.